The van der Waals surface area contributed by atoms with Crippen molar-refractivity contribution in [2.75, 3.05) is 0 Å². The van der Waals surface area contributed by atoms with Crippen LogP contribution in [0, 0.1) is 23.7 Å². The predicted molar refractivity (Wildman–Crippen MR) is 147 cm³/mol. The van der Waals surface area contributed by atoms with Gasteiger partial charge in [0, 0.05) is 0 Å². The molecule has 2 aromatic rings. The average molecular weight is 599 g/mol. The van der Waals surface area contributed by atoms with Crippen LogP contribution in [0.15, 0.2) is 57.9 Å². The molecule has 3 heteroatoms. The second-order valence-corrected chi connectivity index (χ2v) is 21.4. The van der Waals surface area contributed by atoms with E-state index in [1.165, 1.54) is 59.1 Å². The molecule has 0 unspecified atom stereocenters. The minimum absolute atomic E-state index is 0. The van der Waals surface area contributed by atoms with Crippen molar-refractivity contribution in [2.24, 2.45) is 0 Å². The monoisotopic (exact) mass is 596 g/mol. The number of benzene rings is 2. The molecule has 2 aliphatic carbocycles. The molecule has 0 atom stereocenters. The molecule has 2 aromatic carbocycles. The molecular weight excluding hydrogens is 558 g/mol. The number of fused-ring (bicyclic) bond motifs is 3. The van der Waals surface area contributed by atoms with Gasteiger partial charge in [-0.05, 0) is 0 Å². The molecule has 0 spiro atoms. The number of hydrogen-bond acceptors (Lipinski definition) is 0. The quantitative estimate of drug-likeness (QED) is 0.353. The van der Waals surface area contributed by atoms with Crippen LogP contribution < -0.4 is 24.8 Å². The van der Waals surface area contributed by atoms with Crippen LogP contribution in [0.1, 0.15) is 92.1 Å². The molecule has 0 bridgehead atoms. The zero-order chi connectivity index (χ0) is 23.3. The summed E-state index contributed by atoms with van der Waals surface area (Å²) in [6, 6.07) is 13.9. The summed E-state index contributed by atoms with van der Waals surface area (Å²) < 4.78 is 7.48. The third kappa shape index (κ3) is 7.08. The van der Waals surface area contributed by atoms with Gasteiger partial charge in [-0.2, -0.15) is 0 Å². The summed E-state index contributed by atoms with van der Waals surface area (Å²) in [4.78, 5) is 0. The third-order valence-corrected chi connectivity index (χ3v) is 17.2. The Labute approximate surface area is 237 Å². The topological polar surface area (TPSA) is 0 Å². The van der Waals surface area contributed by atoms with Crippen LogP contribution in [-0.2, 0) is 20.3 Å². The minimum Gasteiger partial charge on any atom is -1.00 e. The zero-order valence-corrected chi connectivity index (χ0v) is 25.4. The van der Waals surface area contributed by atoms with Crippen LogP contribution in [0.2, 0.25) is 9.26 Å². The normalized spacial score (nSPS) is 12.5. The van der Waals surface area contributed by atoms with E-state index >= 15 is 0 Å². The molecular formula is C33H40Cl2Zr. The molecule has 36 heavy (non-hydrogen) atoms. The van der Waals surface area contributed by atoms with Crippen molar-refractivity contribution in [3.05, 3.63) is 80.2 Å². The Hall–Kier alpha value is -1.50. The summed E-state index contributed by atoms with van der Waals surface area (Å²) >= 11 is -2.69. The predicted octanol–water partition coefficient (Wildman–Crippen LogP) is 3.58. The van der Waals surface area contributed by atoms with Crippen molar-refractivity contribution >= 4 is 0 Å². The summed E-state index contributed by atoms with van der Waals surface area (Å²) in [5.41, 5.74) is 8.19. The summed E-state index contributed by atoms with van der Waals surface area (Å²) in [6.07, 6.45) is 14.9. The van der Waals surface area contributed by atoms with Gasteiger partial charge in [0.1, 0.15) is 0 Å². The van der Waals surface area contributed by atoms with Crippen LogP contribution in [0.5, 0.6) is 0 Å². The first-order chi connectivity index (χ1) is 16.1. The van der Waals surface area contributed by atoms with E-state index in [1.807, 2.05) is 0 Å². The summed E-state index contributed by atoms with van der Waals surface area (Å²) in [7, 11) is 0. The van der Waals surface area contributed by atoms with Crippen LogP contribution >= 0.6 is 0 Å². The average Bonchev–Trinajstić information content (AvgIpc) is 3.46. The molecule has 0 aromatic heterocycles. The van der Waals surface area contributed by atoms with Gasteiger partial charge in [-0.3, -0.25) is 0 Å². The van der Waals surface area contributed by atoms with Gasteiger partial charge in [0.25, 0.3) is 0 Å². The smallest absolute Gasteiger partial charge is 1.00 e. The van der Waals surface area contributed by atoms with Crippen molar-refractivity contribution in [3.8, 4) is 34.8 Å². The van der Waals surface area contributed by atoms with Crippen molar-refractivity contribution in [2.45, 2.75) is 79.1 Å². The molecule has 0 heterocycles. The van der Waals surface area contributed by atoms with E-state index in [-0.39, 0.29) is 32.2 Å². The maximum Gasteiger partial charge on any atom is -1.00 e. The van der Waals surface area contributed by atoms with Gasteiger partial charge in [-0.25, -0.2) is 0 Å². The number of rotatable bonds is 6. The van der Waals surface area contributed by atoms with E-state index in [2.05, 4.69) is 101 Å². The van der Waals surface area contributed by atoms with E-state index in [0.717, 1.165) is 19.3 Å². The second kappa shape index (κ2) is 15.0. The Morgan fingerprint density at radius 1 is 0.806 bits per heavy atom. The summed E-state index contributed by atoms with van der Waals surface area (Å²) in [5.74, 6) is 13.7. The fraction of sp³-hybridized carbons (Fsp3) is 0.394. The van der Waals surface area contributed by atoms with Gasteiger partial charge in [0.05, 0.1) is 0 Å². The molecule has 0 nitrogen and oxygen atoms in total. The first-order valence-corrected chi connectivity index (χ1v) is 20.2. The third-order valence-electron chi connectivity index (χ3n) is 7.11. The van der Waals surface area contributed by atoms with Crippen LogP contribution in [-0.4, -0.2) is 0 Å². The first kappa shape index (κ1) is 32.5. The SMILES string of the molecule is C.CCCCC#Cc1ccc2c(c1)[CH]([Zr+2]([CH3])([CH3])[C]1=CC=CC1)c1cc(C#CCCCC)ccc1-2.[Cl-].[Cl-]. The van der Waals surface area contributed by atoms with Crippen molar-refractivity contribution in [3.63, 3.8) is 0 Å². The Kier molecular flexibility index (Phi) is 13.6. The van der Waals surface area contributed by atoms with Gasteiger partial charge in [0.2, 0.25) is 0 Å². The zero-order valence-electron chi connectivity index (χ0n) is 21.5. The molecule has 0 radical (unpaired) electrons. The first-order valence-electron chi connectivity index (χ1n) is 12.7. The molecule has 0 fully saturated rings. The van der Waals surface area contributed by atoms with Crippen LogP contribution in [0.3, 0.4) is 0 Å². The Bertz CT molecular complexity index is 1140. The van der Waals surface area contributed by atoms with Gasteiger partial charge in [-0.15, -0.1) is 0 Å². The van der Waals surface area contributed by atoms with E-state index < -0.39 is 20.3 Å². The molecule has 2 aliphatic rings. The van der Waals surface area contributed by atoms with Gasteiger partial charge >= 0.3 is 207 Å². The van der Waals surface area contributed by atoms with Crippen LogP contribution in [0.25, 0.3) is 11.1 Å². The molecule has 190 valence electrons. The molecule has 0 saturated carbocycles. The number of allylic oxidation sites excluding steroid dienone is 4. The maximum absolute atomic E-state index is 3.45. The largest absolute Gasteiger partial charge is 1.00 e. The second-order valence-electron chi connectivity index (χ2n) is 9.89. The van der Waals surface area contributed by atoms with Gasteiger partial charge < -0.3 is 24.8 Å². The van der Waals surface area contributed by atoms with E-state index in [4.69, 9.17) is 0 Å². The standard InChI is InChI=1S/C25H25.C5H5.CH4.2CH3.2ClH.Zr/c1-3-5-7-9-11-20-13-15-24-22(17-20)19-23-18-21(14-16-25(23)24)12-10-8-6-4-2;1-2-4-5-3-1;;;;;;/h13-19H,3-8H2,1-2H3;1-3H,4H2;1H4;2*1H3;2*1H;/q;;;;;;;+2/p-2. The molecule has 0 aliphatic heterocycles. The summed E-state index contributed by atoms with van der Waals surface area (Å²) in [5, 5.41) is 0. The minimum atomic E-state index is -2.69. The fourth-order valence-corrected chi connectivity index (χ4v) is 13.9. The van der Waals surface area contributed by atoms with E-state index in [1.54, 1.807) is 3.28 Å². The van der Waals surface area contributed by atoms with Gasteiger partial charge in [0.15, 0.2) is 0 Å². The Morgan fingerprint density at radius 3 is 1.72 bits per heavy atom. The number of unbranched alkanes of at least 4 members (excludes halogenated alkanes) is 4. The number of halogens is 2. The molecule has 0 amide bonds. The van der Waals surface area contributed by atoms with E-state index in [0.29, 0.717) is 3.63 Å². The Morgan fingerprint density at radius 2 is 1.31 bits per heavy atom. The fourth-order valence-electron chi connectivity index (χ4n) is 5.16. The maximum atomic E-state index is 3.45. The van der Waals surface area contributed by atoms with Crippen LogP contribution in [0.4, 0.5) is 0 Å². The Balaban J connectivity index is 0.00000216. The van der Waals surface area contributed by atoms with Crippen molar-refractivity contribution in [1.29, 1.82) is 0 Å². The van der Waals surface area contributed by atoms with E-state index in [9.17, 15) is 0 Å². The molecule has 4 rings (SSSR count). The van der Waals surface area contributed by atoms with Crippen molar-refractivity contribution in [1.82, 2.24) is 0 Å². The molecule has 0 N–H and O–H groups in total. The summed E-state index contributed by atoms with van der Waals surface area (Å²) in [6.45, 7) is 4.45. The van der Waals surface area contributed by atoms with Crippen molar-refractivity contribution < 1.29 is 45.1 Å². The van der Waals surface area contributed by atoms with Gasteiger partial charge in [-0.1, -0.05) is 7.43 Å². The molecule has 0 saturated heterocycles. The number of hydrogen-bond donors (Lipinski definition) is 0.